The van der Waals surface area contributed by atoms with Gasteiger partial charge in [0.05, 0.1) is 19.1 Å². The number of nitrogens with zero attached hydrogens (tertiary/aromatic N) is 1. The van der Waals surface area contributed by atoms with Crippen molar-refractivity contribution in [2.45, 2.75) is 65.1 Å². The van der Waals surface area contributed by atoms with E-state index < -0.39 is 11.6 Å². The molecule has 1 aliphatic heterocycles. The van der Waals surface area contributed by atoms with Crippen LogP contribution in [0.3, 0.4) is 0 Å². The molecule has 0 radical (unpaired) electrons. The Labute approximate surface area is 140 Å². The molecule has 1 heterocycles. The summed E-state index contributed by atoms with van der Waals surface area (Å²) < 4.78 is 12.0. The molecule has 0 aromatic rings. The van der Waals surface area contributed by atoms with Crippen LogP contribution in [0.5, 0.6) is 0 Å². The van der Waals surface area contributed by atoms with Crippen molar-refractivity contribution in [3.8, 4) is 0 Å². The number of aliphatic hydroxyl groups is 2. The lowest BCUT2D eigenvalue weighted by Crippen LogP contribution is -2.52. The van der Waals surface area contributed by atoms with E-state index in [1.807, 2.05) is 32.9 Å². The molecule has 2 rings (SSSR count). The highest BCUT2D eigenvalue weighted by Gasteiger charge is 2.53. The van der Waals surface area contributed by atoms with Crippen LogP contribution in [-0.2, 0) is 9.47 Å². The highest BCUT2D eigenvalue weighted by atomic mass is 16.7. The Morgan fingerprint density at radius 3 is 2.48 bits per heavy atom. The fourth-order valence-electron chi connectivity index (χ4n) is 3.75. The van der Waals surface area contributed by atoms with E-state index in [1.54, 1.807) is 0 Å². The van der Waals surface area contributed by atoms with E-state index in [0.717, 1.165) is 26.1 Å². The summed E-state index contributed by atoms with van der Waals surface area (Å²) in [6.45, 7) is 13.6. The van der Waals surface area contributed by atoms with Crippen LogP contribution in [0.4, 0.5) is 0 Å². The van der Waals surface area contributed by atoms with Gasteiger partial charge >= 0.3 is 0 Å². The summed E-state index contributed by atoms with van der Waals surface area (Å²) in [4.78, 5) is 2.34. The molecule has 0 aromatic carbocycles. The molecule has 23 heavy (non-hydrogen) atoms. The average molecular weight is 327 g/mol. The standard InChI is InChI=1S/C18H33NO4/c1-6-10-19(7-2)11-14-12-22-17(23-14)9-8-15(16(3,4)5)18(20,21)13-17/h8-9,14-15,20-21H,6-7,10-13H2,1-5H3. The molecule has 134 valence electrons. The molecular formula is C18H33NO4. The van der Waals surface area contributed by atoms with Crippen LogP contribution in [-0.4, -0.2) is 59.0 Å². The second-order valence-corrected chi connectivity index (χ2v) is 8.01. The van der Waals surface area contributed by atoms with Gasteiger partial charge in [0.1, 0.15) is 0 Å². The summed E-state index contributed by atoms with van der Waals surface area (Å²) in [6.07, 6.45) is 4.85. The summed E-state index contributed by atoms with van der Waals surface area (Å²) >= 11 is 0. The second-order valence-electron chi connectivity index (χ2n) is 8.01. The molecule has 1 aliphatic carbocycles. The van der Waals surface area contributed by atoms with Gasteiger partial charge in [0.25, 0.3) is 0 Å². The maximum Gasteiger partial charge on any atom is 0.193 e. The van der Waals surface area contributed by atoms with Crippen LogP contribution in [0, 0.1) is 11.3 Å². The van der Waals surface area contributed by atoms with Crippen LogP contribution in [0.25, 0.3) is 0 Å². The highest BCUT2D eigenvalue weighted by molar-refractivity contribution is 5.14. The molecule has 1 saturated heterocycles. The molecule has 1 fully saturated rings. The third-order valence-electron chi connectivity index (χ3n) is 4.81. The number of hydrogen-bond donors (Lipinski definition) is 2. The molecule has 0 aromatic heterocycles. The van der Waals surface area contributed by atoms with Gasteiger partial charge in [-0.25, -0.2) is 0 Å². The van der Waals surface area contributed by atoms with Crippen LogP contribution in [0.15, 0.2) is 12.2 Å². The molecule has 3 atom stereocenters. The van der Waals surface area contributed by atoms with E-state index >= 15 is 0 Å². The van der Waals surface area contributed by atoms with Crippen molar-refractivity contribution in [2.24, 2.45) is 11.3 Å². The van der Waals surface area contributed by atoms with Gasteiger partial charge in [-0.3, -0.25) is 0 Å². The second kappa shape index (κ2) is 6.81. The molecular weight excluding hydrogens is 294 g/mol. The molecule has 0 amide bonds. The van der Waals surface area contributed by atoms with Crippen molar-refractivity contribution in [1.29, 1.82) is 0 Å². The van der Waals surface area contributed by atoms with Gasteiger partial charge in [-0.05, 0) is 31.0 Å². The van der Waals surface area contributed by atoms with Crippen LogP contribution >= 0.6 is 0 Å². The van der Waals surface area contributed by atoms with Crippen LogP contribution < -0.4 is 0 Å². The smallest absolute Gasteiger partial charge is 0.193 e. The topological polar surface area (TPSA) is 62.2 Å². The van der Waals surface area contributed by atoms with Gasteiger partial charge in [-0.15, -0.1) is 0 Å². The molecule has 1 spiro atoms. The maximum atomic E-state index is 10.5. The Hall–Kier alpha value is -0.460. The third kappa shape index (κ3) is 4.34. The Kier molecular flexibility index (Phi) is 5.58. The fraction of sp³-hybridized carbons (Fsp3) is 0.889. The summed E-state index contributed by atoms with van der Waals surface area (Å²) in [5, 5.41) is 21.1. The Morgan fingerprint density at radius 1 is 1.26 bits per heavy atom. The molecule has 5 nitrogen and oxygen atoms in total. The lowest BCUT2D eigenvalue weighted by Gasteiger charge is -2.45. The van der Waals surface area contributed by atoms with E-state index in [1.165, 1.54) is 0 Å². The minimum atomic E-state index is -1.82. The molecule has 3 unspecified atom stereocenters. The first-order chi connectivity index (χ1) is 10.6. The Balaban J connectivity index is 2.05. The number of ether oxygens (including phenoxy) is 2. The molecule has 5 heteroatoms. The minimum Gasteiger partial charge on any atom is -0.365 e. The number of likely N-dealkylation sites (N-methyl/N-ethyl adjacent to an activating group) is 1. The van der Waals surface area contributed by atoms with Crippen molar-refractivity contribution in [3.63, 3.8) is 0 Å². The summed E-state index contributed by atoms with van der Waals surface area (Å²) in [7, 11) is 0. The van der Waals surface area contributed by atoms with E-state index in [2.05, 4.69) is 18.7 Å². The van der Waals surface area contributed by atoms with Gasteiger partial charge in [-0.1, -0.05) is 40.7 Å². The average Bonchev–Trinajstić information content (AvgIpc) is 2.77. The van der Waals surface area contributed by atoms with E-state index in [-0.39, 0.29) is 23.9 Å². The van der Waals surface area contributed by atoms with E-state index in [0.29, 0.717) is 6.61 Å². The van der Waals surface area contributed by atoms with Crippen molar-refractivity contribution < 1.29 is 19.7 Å². The van der Waals surface area contributed by atoms with Crippen molar-refractivity contribution in [3.05, 3.63) is 12.2 Å². The first kappa shape index (κ1) is 18.9. The lowest BCUT2D eigenvalue weighted by molar-refractivity contribution is -0.273. The first-order valence-corrected chi connectivity index (χ1v) is 8.80. The minimum absolute atomic E-state index is 0.0341. The monoisotopic (exact) mass is 327 g/mol. The molecule has 0 bridgehead atoms. The predicted octanol–water partition coefficient (Wildman–Crippen LogP) is 2.13. The zero-order chi connectivity index (χ0) is 17.3. The van der Waals surface area contributed by atoms with Crippen molar-refractivity contribution in [2.75, 3.05) is 26.2 Å². The zero-order valence-corrected chi connectivity index (χ0v) is 15.2. The lowest BCUT2D eigenvalue weighted by atomic mass is 9.71. The summed E-state index contributed by atoms with van der Waals surface area (Å²) in [5.41, 5.74) is -0.236. The molecule has 2 aliphatic rings. The first-order valence-electron chi connectivity index (χ1n) is 8.80. The zero-order valence-electron chi connectivity index (χ0n) is 15.2. The van der Waals surface area contributed by atoms with Gasteiger partial charge in [0.15, 0.2) is 11.6 Å². The van der Waals surface area contributed by atoms with Crippen LogP contribution in [0.2, 0.25) is 0 Å². The quantitative estimate of drug-likeness (QED) is 0.598. The number of hydrogen-bond acceptors (Lipinski definition) is 5. The predicted molar refractivity (Wildman–Crippen MR) is 89.8 cm³/mol. The van der Waals surface area contributed by atoms with Gasteiger partial charge in [0.2, 0.25) is 0 Å². The fourth-order valence-corrected chi connectivity index (χ4v) is 3.75. The largest absolute Gasteiger partial charge is 0.365 e. The third-order valence-corrected chi connectivity index (χ3v) is 4.81. The molecule has 0 saturated carbocycles. The van der Waals surface area contributed by atoms with Gasteiger partial charge in [0, 0.05) is 12.5 Å². The van der Waals surface area contributed by atoms with E-state index in [4.69, 9.17) is 9.47 Å². The SMILES string of the molecule is CCCN(CC)CC1COC2(C=CC(C(C)(C)C)C(O)(O)C2)O1. The summed E-state index contributed by atoms with van der Waals surface area (Å²) in [6, 6.07) is 0. The van der Waals surface area contributed by atoms with E-state index in [9.17, 15) is 10.2 Å². The Bertz CT molecular complexity index is 429. The Morgan fingerprint density at radius 2 is 1.96 bits per heavy atom. The maximum absolute atomic E-state index is 10.5. The van der Waals surface area contributed by atoms with Crippen LogP contribution in [0.1, 0.15) is 47.5 Å². The molecule has 2 N–H and O–H groups in total. The van der Waals surface area contributed by atoms with Crippen molar-refractivity contribution in [1.82, 2.24) is 4.90 Å². The summed E-state index contributed by atoms with van der Waals surface area (Å²) in [5.74, 6) is -3.17. The highest BCUT2D eigenvalue weighted by Crippen LogP contribution is 2.45. The normalized spacial score (nSPS) is 33.7. The van der Waals surface area contributed by atoms with Gasteiger partial charge in [-0.2, -0.15) is 0 Å². The van der Waals surface area contributed by atoms with Gasteiger partial charge < -0.3 is 24.6 Å². The number of rotatable bonds is 5. The van der Waals surface area contributed by atoms with Crippen molar-refractivity contribution >= 4 is 0 Å².